The summed E-state index contributed by atoms with van der Waals surface area (Å²) >= 11 is 3.71. The third kappa shape index (κ3) is 5.14. The van der Waals surface area contributed by atoms with Crippen molar-refractivity contribution in [2.24, 2.45) is 7.05 Å². The van der Waals surface area contributed by atoms with E-state index in [4.69, 9.17) is 4.98 Å². The number of carbonyl (C=O) groups is 2. The SMILES string of the molecule is CSCC[C@H](NC(=O)CCCC[C@@H]1SC[C@H]2NC(=O)N[C@@H]12)c1nc2ccccc2n1C. The maximum absolute atomic E-state index is 12.7. The van der Waals surface area contributed by atoms with Crippen LogP contribution >= 0.6 is 23.5 Å². The van der Waals surface area contributed by atoms with E-state index >= 15 is 0 Å². The first-order chi connectivity index (χ1) is 15.1. The van der Waals surface area contributed by atoms with Crippen molar-refractivity contribution in [2.75, 3.05) is 17.8 Å². The zero-order valence-electron chi connectivity index (χ0n) is 18.1. The molecule has 2 aliphatic rings. The quantitative estimate of drug-likeness (QED) is 0.374. The highest BCUT2D eigenvalue weighted by Gasteiger charge is 2.42. The Morgan fingerprint density at radius 2 is 2.19 bits per heavy atom. The van der Waals surface area contributed by atoms with Gasteiger partial charge < -0.3 is 20.5 Å². The van der Waals surface area contributed by atoms with Gasteiger partial charge in [-0.25, -0.2) is 9.78 Å². The second kappa shape index (κ2) is 10.2. The molecule has 0 spiro atoms. The molecular weight excluding hydrogens is 430 g/mol. The number of nitrogens with zero attached hydrogens (tertiary/aromatic N) is 2. The highest BCUT2D eigenvalue weighted by atomic mass is 32.2. The van der Waals surface area contributed by atoms with E-state index in [1.54, 1.807) is 11.8 Å². The lowest BCUT2D eigenvalue weighted by atomic mass is 10.0. The second-order valence-corrected chi connectivity index (χ2v) is 10.5. The van der Waals surface area contributed by atoms with Gasteiger partial charge in [0.2, 0.25) is 5.91 Å². The molecule has 2 fully saturated rings. The summed E-state index contributed by atoms with van der Waals surface area (Å²) in [6, 6.07) is 8.46. The van der Waals surface area contributed by atoms with Crippen LogP contribution in [0.25, 0.3) is 11.0 Å². The van der Waals surface area contributed by atoms with Crippen molar-refractivity contribution < 1.29 is 9.59 Å². The largest absolute Gasteiger partial charge is 0.346 e. The number of fused-ring (bicyclic) bond motifs is 2. The van der Waals surface area contributed by atoms with Crippen LogP contribution < -0.4 is 16.0 Å². The number of urea groups is 1. The third-order valence-corrected chi connectivity index (χ3v) is 8.31. The van der Waals surface area contributed by atoms with Crippen molar-refractivity contribution >= 4 is 46.5 Å². The van der Waals surface area contributed by atoms with Gasteiger partial charge in [-0.15, -0.1) is 0 Å². The van der Waals surface area contributed by atoms with Crippen LogP contribution in [0.4, 0.5) is 4.79 Å². The fourth-order valence-electron chi connectivity index (χ4n) is 4.52. The highest BCUT2D eigenvalue weighted by Crippen LogP contribution is 2.33. The Kier molecular flexibility index (Phi) is 7.32. The topological polar surface area (TPSA) is 88.1 Å². The van der Waals surface area contributed by atoms with E-state index in [1.807, 2.05) is 37.0 Å². The summed E-state index contributed by atoms with van der Waals surface area (Å²) in [5.41, 5.74) is 2.05. The maximum atomic E-state index is 12.7. The van der Waals surface area contributed by atoms with Crippen LogP contribution in [0, 0.1) is 0 Å². The first kappa shape index (κ1) is 22.3. The summed E-state index contributed by atoms with van der Waals surface area (Å²) in [6.45, 7) is 0. The van der Waals surface area contributed by atoms with E-state index in [-0.39, 0.29) is 30.1 Å². The zero-order chi connectivity index (χ0) is 21.8. The van der Waals surface area contributed by atoms with Crippen LogP contribution in [0.3, 0.4) is 0 Å². The molecule has 7 nitrogen and oxygen atoms in total. The second-order valence-electron chi connectivity index (χ2n) is 8.29. The lowest BCUT2D eigenvalue weighted by molar-refractivity contribution is -0.122. The molecule has 2 aliphatic heterocycles. The standard InChI is InChI=1S/C22H31N5O2S2/c1-27-17-8-4-3-7-14(17)24-21(27)15(11-12-30-2)23-19(28)10-6-5-9-18-20-16(13-31-18)25-22(29)26-20/h3-4,7-8,15-16,18,20H,5-6,9-13H2,1-2H3,(H,23,28)(H2,25,26,29)/t15-,16+,18-,20+/m0/s1. The number of hydrogen-bond acceptors (Lipinski definition) is 5. The number of aromatic nitrogens is 2. The van der Waals surface area contributed by atoms with E-state index in [1.165, 1.54) is 0 Å². The zero-order valence-corrected chi connectivity index (χ0v) is 19.7. The smallest absolute Gasteiger partial charge is 0.315 e. The van der Waals surface area contributed by atoms with E-state index in [0.717, 1.165) is 54.0 Å². The van der Waals surface area contributed by atoms with Gasteiger partial charge in [0.05, 0.1) is 29.2 Å². The average molecular weight is 462 g/mol. The molecule has 0 unspecified atom stereocenters. The molecular formula is C22H31N5O2S2. The minimum Gasteiger partial charge on any atom is -0.346 e. The number of thioether (sulfide) groups is 2. The first-order valence-electron chi connectivity index (χ1n) is 10.9. The molecule has 3 amide bonds. The Hall–Kier alpha value is -1.87. The predicted octanol–water partition coefficient (Wildman–Crippen LogP) is 3.21. The molecule has 2 aromatic rings. The van der Waals surface area contributed by atoms with Crippen LogP contribution in [0.15, 0.2) is 24.3 Å². The fourth-order valence-corrected chi connectivity index (χ4v) is 6.53. The number of imidazole rings is 1. The molecule has 4 atom stereocenters. The molecule has 0 radical (unpaired) electrons. The van der Waals surface area contributed by atoms with Crippen LogP contribution in [-0.2, 0) is 11.8 Å². The Morgan fingerprint density at radius 1 is 1.35 bits per heavy atom. The molecule has 0 saturated carbocycles. The van der Waals surface area contributed by atoms with Crippen LogP contribution in [0.1, 0.15) is 44.0 Å². The number of rotatable bonds is 10. The molecule has 2 saturated heterocycles. The first-order valence-corrected chi connectivity index (χ1v) is 13.4. The molecule has 168 valence electrons. The van der Waals surface area contributed by atoms with Gasteiger partial charge in [0, 0.05) is 24.5 Å². The van der Waals surface area contributed by atoms with Crippen molar-refractivity contribution in [3.05, 3.63) is 30.1 Å². The van der Waals surface area contributed by atoms with Gasteiger partial charge in [-0.1, -0.05) is 18.6 Å². The van der Waals surface area contributed by atoms with E-state index in [0.29, 0.717) is 11.7 Å². The van der Waals surface area contributed by atoms with Gasteiger partial charge in [-0.05, 0) is 43.4 Å². The number of unbranched alkanes of at least 4 members (excludes halogenated alkanes) is 1. The Labute approximate surface area is 191 Å². The Balaban J connectivity index is 1.28. The minimum absolute atomic E-state index is 0.0436. The van der Waals surface area contributed by atoms with Crippen LogP contribution in [-0.4, -0.2) is 56.6 Å². The summed E-state index contributed by atoms with van der Waals surface area (Å²) in [6.07, 6.45) is 6.35. The lowest BCUT2D eigenvalue weighted by Gasteiger charge is -2.19. The minimum atomic E-state index is -0.0803. The van der Waals surface area contributed by atoms with Crippen molar-refractivity contribution in [1.29, 1.82) is 0 Å². The summed E-state index contributed by atoms with van der Waals surface area (Å²) in [7, 11) is 2.02. The molecule has 0 bridgehead atoms. The third-order valence-electron chi connectivity index (χ3n) is 6.16. The number of hydrogen-bond donors (Lipinski definition) is 3. The molecule has 0 aliphatic carbocycles. The molecule has 31 heavy (non-hydrogen) atoms. The number of nitrogens with one attached hydrogen (secondary N) is 3. The monoisotopic (exact) mass is 461 g/mol. The maximum Gasteiger partial charge on any atom is 0.315 e. The van der Waals surface area contributed by atoms with Gasteiger partial charge in [-0.3, -0.25) is 4.79 Å². The van der Waals surface area contributed by atoms with Crippen LogP contribution in [0.2, 0.25) is 0 Å². The summed E-state index contributed by atoms with van der Waals surface area (Å²) in [5, 5.41) is 9.69. The fraction of sp³-hybridized carbons (Fsp3) is 0.591. The predicted molar refractivity (Wildman–Crippen MR) is 129 cm³/mol. The molecule has 3 heterocycles. The van der Waals surface area contributed by atoms with Gasteiger partial charge in [0.15, 0.2) is 0 Å². The Bertz CT molecular complexity index is 934. The molecule has 1 aromatic heterocycles. The van der Waals surface area contributed by atoms with Gasteiger partial charge in [0.25, 0.3) is 0 Å². The summed E-state index contributed by atoms with van der Waals surface area (Å²) in [5.74, 6) is 2.95. The number of amides is 3. The number of para-hydroxylation sites is 2. The van der Waals surface area contributed by atoms with Crippen LogP contribution in [0.5, 0.6) is 0 Å². The van der Waals surface area contributed by atoms with Crippen molar-refractivity contribution in [3.8, 4) is 0 Å². The number of carbonyl (C=O) groups excluding carboxylic acids is 2. The van der Waals surface area contributed by atoms with E-state index < -0.39 is 0 Å². The van der Waals surface area contributed by atoms with Crippen molar-refractivity contribution in [1.82, 2.24) is 25.5 Å². The number of benzene rings is 1. The molecule has 4 rings (SSSR count). The normalized spacial score (nSPS) is 23.4. The highest BCUT2D eigenvalue weighted by molar-refractivity contribution is 8.00. The van der Waals surface area contributed by atoms with Crippen molar-refractivity contribution in [3.63, 3.8) is 0 Å². The molecule has 3 N–H and O–H groups in total. The van der Waals surface area contributed by atoms with Gasteiger partial charge >= 0.3 is 6.03 Å². The van der Waals surface area contributed by atoms with Crippen molar-refractivity contribution in [2.45, 2.75) is 55.5 Å². The van der Waals surface area contributed by atoms with Gasteiger partial charge in [-0.2, -0.15) is 23.5 Å². The molecule has 9 heteroatoms. The lowest BCUT2D eigenvalue weighted by Crippen LogP contribution is -2.36. The number of aryl methyl sites for hydroxylation is 1. The summed E-state index contributed by atoms with van der Waals surface area (Å²) < 4.78 is 2.10. The Morgan fingerprint density at radius 3 is 3.00 bits per heavy atom. The summed E-state index contributed by atoms with van der Waals surface area (Å²) in [4.78, 5) is 29.0. The van der Waals surface area contributed by atoms with Gasteiger partial charge in [0.1, 0.15) is 5.82 Å². The molecule has 1 aromatic carbocycles. The van der Waals surface area contributed by atoms with E-state index in [9.17, 15) is 9.59 Å². The average Bonchev–Trinajstić information content (AvgIpc) is 3.41. The van der Waals surface area contributed by atoms with E-state index in [2.05, 4.69) is 32.8 Å².